The SMILES string of the molecule is CC(C)(C)NC(=O)c1cccc(C(=O)Nc2cc(Cl)ccc2Cl)c1. The highest BCUT2D eigenvalue weighted by molar-refractivity contribution is 6.35. The summed E-state index contributed by atoms with van der Waals surface area (Å²) < 4.78 is 0. The van der Waals surface area contributed by atoms with Gasteiger partial charge in [-0.3, -0.25) is 9.59 Å². The Morgan fingerprint density at radius 1 is 0.917 bits per heavy atom. The van der Waals surface area contributed by atoms with Gasteiger partial charge in [-0.05, 0) is 57.2 Å². The molecule has 0 aliphatic heterocycles. The molecule has 0 aromatic heterocycles. The van der Waals surface area contributed by atoms with Gasteiger partial charge in [0.1, 0.15) is 0 Å². The van der Waals surface area contributed by atoms with E-state index in [4.69, 9.17) is 23.2 Å². The van der Waals surface area contributed by atoms with Crippen molar-refractivity contribution in [3.8, 4) is 0 Å². The van der Waals surface area contributed by atoms with Gasteiger partial charge >= 0.3 is 0 Å². The van der Waals surface area contributed by atoms with Crippen molar-refractivity contribution < 1.29 is 9.59 Å². The maximum absolute atomic E-state index is 12.4. The van der Waals surface area contributed by atoms with Gasteiger partial charge in [0.05, 0.1) is 10.7 Å². The molecule has 0 atom stereocenters. The topological polar surface area (TPSA) is 58.2 Å². The summed E-state index contributed by atoms with van der Waals surface area (Å²) in [5.41, 5.74) is 0.824. The molecule has 0 aliphatic rings. The Labute approximate surface area is 151 Å². The molecule has 4 nitrogen and oxygen atoms in total. The summed E-state index contributed by atoms with van der Waals surface area (Å²) in [7, 11) is 0. The Balaban J connectivity index is 2.20. The molecule has 0 saturated heterocycles. The summed E-state index contributed by atoms with van der Waals surface area (Å²) in [6.07, 6.45) is 0. The van der Waals surface area contributed by atoms with Crippen LogP contribution in [-0.2, 0) is 0 Å². The highest BCUT2D eigenvalue weighted by Gasteiger charge is 2.17. The van der Waals surface area contributed by atoms with Gasteiger partial charge in [0.2, 0.25) is 0 Å². The summed E-state index contributed by atoms with van der Waals surface area (Å²) in [4.78, 5) is 24.6. The highest BCUT2D eigenvalue weighted by atomic mass is 35.5. The number of anilines is 1. The number of halogens is 2. The van der Waals surface area contributed by atoms with Crippen molar-refractivity contribution in [3.63, 3.8) is 0 Å². The molecule has 6 heteroatoms. The molecular formula is C18H18Cl2N2O2. The quantitative estimate of drug-likeness (QED) is 0.823. The number of carbonyl (C=O) groups excluding carboxylic acids is 2. The van der Waals surface area contributed by atoms with Gasteiger partial charge in [0.15, 0.2) is 0 Å². The lowest BCUT2D eigenvalue weighted by Gasteiger charge is -2.20. The van der Waals surface area contributed by atoms with Crippen molar-refractivity contribution >= 4 is 40.7 Å². The second-order valence-corrected chi connectivity index (χ2v) is 7.21. The molecule has 2 aromatic carbocycles. The van der Waals surface area contributed by atoms with Crippen LogP contribution in [0.3, 0.4) is 0 Å². The first-order valence-electron chi connectivity index (χ1n) is 7.35. The Kier molecular flexibility index (Phi) is 5.52. The van der Waals surface area contributed by atoms with Crippen molar-refractivity contribution in [1.29, 1.82) is 0 Å². The van der Waals surface area contributed by atoms with E-state index < -0.39 is 0 Å². The molecule has 2 rings (SSSR count). The van der Waals surface area contributed by atoms with Crippen LogP contribution in [0.4, 0.5) is 5.69 Å². The minimum absolute atomic E-state index is 0.238. The lowest BCUT2D eigenvalue weighted by Crippen LogP contribution is -2.40. The third kappa shape index (κ3) is 4.98. The van der Waals surface area contributed by atoms with Crippen LogP contribution < -0.4 is 10.6 Å². The van der Waals surface area contributed by atoms with Crippen LogP contribution in [0.2, 0.25) is 10.0 Å². The molecule has 0 aliphatic carbocycles. The summed E-state index contributed by atoms with van der Waals surface area (Å²) >= 11 is 12.0. The van der Waals surface area contributed by atoms with Gasteiger partial charge in [0.25, 0.3) is 11.8 Å². The van der Waals surface area contributed by atoms with E-state index in [0.717, 1.165) is 0 Å². The lowest BCUT2D eigenvalue weighted by atomic mass is 10.1. The van der Waals surface area contributed by atoms with Gasteiger partial charge in [-0.1, -0.05) is 29.3 Å². The lowest BCUT2D eigenvalue weighted by molar-refractivity contribution is 0.0919. The second-order valence-electron chi connectivity index (χ2n) is 6.36. The average Bonchev–Trinajstić information content (AvgIpc) is 2.49. The molecule has 126 valence electrons. The zero-order valence-electron chi connectivity index (χ0n) is 13.6. The number of hydrogen-bond acceptors (Lipinski definition) is 2. The minimum Gasteiger partial charge on any atom is -0.347 e. The second kappa shape index (κ2) is 7.24. The predicted molar refractivity (Wildman–Crippen MR) is 98.1 cm³/mol. The first-order chi connectivity index (χ1) is 11.2. The Bertz CT molecular complexity index is 783. The smallest absolute Gasteiger partial charge is 0.255 e. The standard InChI is InChI=1S/C18H18Cl2N2O2/c1-18(2,3)22-17(24)12-6-4-5-11(9-12)16(23)21-15-10-13(19)7-8-14(15)20/h4-10H,1-3H3,(H,21,23)(H,22,24). The monoisotopic (exact) mass is 364 g/mol. The molecule has 24 heavy (non-hydrogen) atoms. The molecule has 2 N–H and O–H groups in total. The van der Waals surface area contributed by atoms with Crippen LogP contribution >= 0.6 is 23.2 Å². The van der Waals surface area contributed by atoms with E-state index in [2.05, 4.69) is 10.6 Å². The molecule has 0 saturated carbocycles. The molecule has 0 heterocycles. The number of benzene rings is 2. The van der Waals surface area contributed by atoms with E-state index in [1.54, 1.807) is 36.4 Å². The van der Waals surface area contributed by atoms with Crippen molar-refractivity contribution in [1.82, 2.24) is 5.32 Å². The fourth-order valence-electron chi connectivity index (χ4n) is 2.00. The molecule has 0 unspecified atom stereocenters. The number of carbonyl (C=O) groups is 2. The van der Waals surface area contributed by atoms with Crippen LogP contribution in [0, 0.1) is 0 Å². The summed E-state index contributed by atoms with van der Waals surface area (Å²) in [5, 5.41) is 6.40. The summed E-state index contributed by atoms with van der Waals surface area (Å²) in [6, 6.07) is 11.3. The normalized spacial score (nSPS) is 11.0. The van der Waals surface area contributed by atoms with E-state index in [1.807, 2.05) is 20.8 Å². The molecule has 2 amide bonds. The van der Waals surface area contributed by atoms with Crippen LogP contribution in [0.25, 0.3) is 0 Å². The fourth-order valence-corrected chi connectivity index (χ4v) is 2.34. The predicted octanol–water partition coefficient (Wildman–Crippen LogP) is 4.77. The van der Waals surface area contributed by atoms with Gasteiger partial charge in [-0.25, -0.2) is 0 Å². The van der Waals surface area contributed by atoms with E-state index in [1.165, 1.54) is 6.07 Å². The van der Waals surface area contributed by atoms with Crippen molar-refractivity contribution in [2.24, 2.45) is 0 Å². The third-order valence-electron chi connectivity index (χ3n) is 3.05. The van der Waals surface area contributed by atoms with E-state index in [9.17, 15) is 9.59 Å². The Morgan fingerprint density at radius 3 is 2.17 bits per heavy atom. The first-order valence-corrected chi connectivity index (χ1v) is 8.10. The molecule has 0 spiro atoms. The maximum atomic E-state index is 12.4. The van der Waals surface area contributed by atoms with Crippen molar-refractivity contribution in [3.05, 3.63) is 63.6 Å². The number of rotatable bonds is 3. The summed E-state index contributed by atoms with van der Waals surface area (Å²) in [5.74, 6) is -0.609. The zero-order valence-corrected chi connectivity index (χ0v) is 15.1. The molecule has 2 aromatic rings. The number of hydrogen-bond donors (Lipinski definition) is 2. The van der Waals surface area contributed by atoms with E-state index in [0.29, 0.717) is 26.9 Å². The average molecular weight is 365 g/mol. The largest absolute Gasteiger partial charge is 0.347 e. The maximum Gasteiger partial charge on any atom is 0.255 e. The minimum atomic E-state index is -0.371. The van der Waals surface area contributed by atoms with Gasteiger partial charge < -0.3 is 10.6 Å². The van der Waals surface area contributed by atoms with E-state index >= 15 is 0 Å². The van der Waals surface area contributed by atoms with E-state index in [-0.39, 0.29) is 17.4 Å². The number of amides is 2. The van der Waals surface area contributed by atoms with Gasteiger partial charge in [0, 0.05) is 21.7 Å². The molecular weight excluding hydrogens is 347 g/mol. The van der Waals surface area contributed by atoms with Crippen molar-refractivity contribution in [2.45, 2.75) is 26.3 Å². The first kappa shape index (κ1) is 18.3. The molecule has 0 bridgehead atoms. The summed E-state index contributed by atoms with van der Waals surface area (Å²) in [6.45, 7) is 5.67. The van der Waals surface area contributed by atoms with Gasteiger partial charge in [-0.2, -0.15) is 0 Å². The van der Waals surface area contributed by atoms with Crippen molar-refractivity contribution in [2.75, 3.05) is 5.32 Å². The molecule has 0 fully saturated rings. The molecule has 0 radical (unpaired) electrons. The van der Waals surface area contributed by atoms with Crippen LogP contribution in [0.5, 0.6) is 0 Å². The third-order valence-corrected chi connectivity index (χ3v) is 3.62. The highest BCUT2D eigenvalue weighted by Crippen LogP contribution is 2.26. The van der Waals surface area contributed by atoms with Crippen LogP contribution in [-0.4, -0.2) is 17.4 Å². The fraction of sp³-hybridized carbons (Fsp3) is 0.222. The zero-order chi connectivity index (χ0) is 17.9. The van der Waals surface area contributed by atoms with Crippen LogP contribution in [0.1, 0.15) is 41.5 Å². The van der Waals surface area contributed by atoms with Gasteiger partial charge in [-0.15, -0.1) is 0 Å². The van der Waals surface area contributed by atoms with Crippen LogP contribution in [0.15, 0.2) is 42.5 Å². The number of nitrogens with one attached hydrogen (secondary N) is 2. The Hall–Kier alpha value is -2.04. The Morgan fingerprint density at radius 2 is 1.54 bits per heavy atom.